The van der Waals surface area contributed by atoms with Crippen molar-refractivity contribution in [2.75, 3.05) is 0 Å². The van der Waals surface area contributed by atoms with Gasteiger partial charge in [0, 0.05) is 25.4 Å². The first-order valence-electron chi connectivity index (χ1n) is 9.84. The van der Waals surface area contributed by atoms with E-state index in [0.29, 0.717) is 12.8 Å². The monoisotopic (exact) mass is 428 g/mol. The van der Waals surface area contributed by atoms with Crippen LogP contribution in [0.5, 0.6) is 0 Å². The third-order valence-corrected chi connectivity index (χ3v) is 5.24. The Bertz CT molecular complexity index is 1290. The smallest absolute Gasteiger partial charge is 0.294 e. The maximum absolute atomic E-state index is 13.6. The molecule has 10 heteroatoms. The van der Waals surface area contributed by atoms with Crippen molar-refractivity contribution in [1.82, 2.24) is 29.8 Å². The fourth-order valence-electron chi connectivity index (χ4n) is 3.23. The third-order valence-electron chi connectivity index (χ3n) is 5.24. The van der Waals surface area contributed by atoms with Crippen LogP contribution in [0.15, 0.2) is 34.0 Å². The highest BCUT2D eigenvalue weighted by molar-refractivity contribution is 5.93. The van der Waals surface area contributed by atoms with E-state index in [0.717, 1.165) is 26.1 Å². The number of carbonyl (C=O) groups is 1. The van der Waals surface area contributed by atoms with Crippen LogP contribution in [0.4, 0.5) is 4.39 Å². The molecule has 0 aliphatic rings. The standard InChI is InChI=1S/C21H25FN6O3/c1-12-10-15(8-9-16(12)22)28-20(30)19(25-27(4)21(28)31)18(29)7-5-6-17-14(3)13(2)11-23-26-24-17/h8-11,23-24,26H,5-7H2,1-4H3. The van der Waals surface area contributed by atoms with Crippen LogP contribution in [0, 0.1) is 26.6 Å². The van der Waals surface area contributed by atoms with Crippen molar-refractivity contribution >= 4 is 5.78 Å². The largest absolute Gasteiger partial charge is 0.351 e. The number of hydrogen-bond acceptors (Lipinski definition) is 4. The molecule has 0 unspecified atom stereocenters. The second-order valence-corrected chi connectivity index (χ2v) is 7.43. The van der Waals surface area contributed by atoms with E-state index >= 15 is 0 Å². The van der Waals surface area contributed by atoms with Crippen LogP contribution in [0.2, 0.25) is 0 Å². The summed E-state index contributed by atoms with van der Waals surface area (Å²) in [6.45, 7) is 5.47. The number of nitrogens with zero attached hydrogens (tertiary/aromatic N) is 3. The zero-order valence-corrected chi connectivity index (χ0v) is 17.9. The van der Waals surface area contributed by atoms with Gasteiger partial charge in [-0.15, -0.1) is 0 Å². The SMILES string of the molecule is Cc1cc(-n2c(=O)c(C(=O)CCCc3[nH][nH][nH]cc(C)c3C)nn(C)c2=O)ccc1F. The van der Waals surface area contributed by atoms with Crippen LogP contribution in [0.25, 0.3) is 5.69 Å². The number of aromatic amines is 3. The average molecular weight is 428 g/mol. The van der Waals surface area contributed by atoms with E-state index in [1.54, 1.807) is 0 Å². The highest BCUT2D eigenvalue weighted by atomic mass is 19.1. The molecule has 0 bridgehead atoms. The molecule has 31 heavy (non-hydrogen) atoms. The maximum atomic E-state index is 13.6. The fourth-order valence-corrected chi connectivity index (χ4v) is 3.23. The second-order valence-electron chi connectivity index (χ2n) is 7.43. The third kappa shape index (κ3) is 4.57. The van der Waals surface area contributed by atoms with Gasteiger partial charge in [-0.25, -0.2) is 23.6 Å². The lowest BCUT2D eigenvalue weighted by atomic mass is 10.0. The van der Waals surface area contributed by atoms with Gasteiger partial charge in [0.1, 0.15) is 5.82 Å². The number of Topliss-reactive ketones (excluding diaryl/α,β-unsaturated/α-hetero) is 1. The minimum absolute atomic E-state index is 0.0809. The highest BCUT2D eigenvalue weighted by Crippen LogP contribution is 2.12. The van der Waals surface area contributed by atoms with E-state index in [9.17, 15) is 18.8 Å². The van der Waals surface area contributed by atoms with Gasteiger partial charge in [0.05, 0.1) is 5.69 Å². The minimum atomic E-state index is -0.813. The molecule has 0 aliphatic carbocycles. The Morgan fingerprint density at radius 2 is 1.90 bits per heavy atom. The van der Waals surface area contributed by atoms with Crippen molar-refractivity contribution in [2.45, 2.75) is 40.0 Å². The molecule has 9 nitrogen and oxygen atoms in total. The predicted octanol–water partition coefficient (Wildman–Crippen LogP) is 2.31. The molecule has 0 saturated carbocycles. The first-order valence-corrected chi connectivity index (χ1v) is 9.84. The summed E-state index contributed by atoms with van der Waals surface area (Å²) in [6, 6.07) is 3.88. The Kier molecular flexibility index (Phi) is 6.38. The molecule has 0 amide bonds. The number of ketones is 1. The number of aryl methyl sites for hydroxylation is 4. The number of H-pyrrole nitrogens is 3. The number of rotatable bonds is 6. The quantitative estimate of drug-likeness (QED) is 0.522. The zero-order valence-electron chi connectivity index (χ0n) is 17.9. The van der Waals surface area contributed by atoms with Crippen LogP contribution in [-0.4, -0.2) is 35.5 Å². The Balaban J connectivity index is 1.89. The summed E-state index contributed by atoms with van der Waals surface area (Å²) >= 11 is 0. The van der Waals surface area contributed by atoms with Crippen molar-refractivity contribution in [3.05, 3.63) is 79.1 Å². The summed E-state index contributed by atoms with van der Waals surface area (Å²) in [5, 5.41) is 12.7. The van der Waals surface area contributed by atoms with Crippen LogP contribution in [0.3, 0.4) is 0 Å². The van der Waals surface area contributed by atoms with Crippen molar-refractivity contribution in [2.24, 2.45) is 7.05 Å². The summed E-state index contributed by atoms with van der Waals surface area (Å²) in [4.78, 5) is 38.2. The van der Waals surface area contributed by atoms with Gasteiger partial charge < -0.3 is 0 Å². The van der Waals surface area contributed by atoms with Crippen molar-refractivity contribution in [3.63, 3.8) is 0 Å². The molecule has 0 fully saturated rings. The van der Waals surface area contributed by atoms with Gasteiger partial charge in [0.2, 0.25) is 0 Å². The highest BCUT2D eigenvalue weighted by Gasteiger charge is 2.19. The first-order chi connectivity index (χ1) is 14.7. The minimum Gasteiger partial charge on any atom is -0.294 e. The molecule has 3 aromatic rings. The summed E-state index contributed by atoms with van der Waals surface area (Å²) in [5.74, 6) is -0.913. The van der Waals surface area contributed by atoms with Gasteiger partial charge in [0.15, 0.2) is 11.5 Å². The Morgan fingerprint density at radius 1 is 1.16 bits per heavy atom. The Morgan fingerprint density at radius 3 is 2.61 bits per heavy atom. The summed E-state index contributed by atoms with van der Waals surface area (Å²) in [5.41, 5.74) is 1.66. The number of benzene rings is 1. The van der Waals surface area contributed by atoms with Crippen LogP contribution in [0.1, 0.15) is 45.7 Å². The molecule has 0 atom stereocenters. The predicted molar refractivity (Wildman–Crippen MR) is 114 cm³/mol. The van der Waals surface area contributed by atoms with Gasteiger partial charge in [0.25, 0.3) is 5.56 Å². The lowest BCUT2D eigenvalue weighted by Crippen LogP contribution is -2.42. The second kappa shape index (κ2) is 8.99. The molecular formula is C21H25FN6O3. The molecule has 2 aromatic heterocycles. The number of halogens is 1. The number of nitrogens with one attached hydrogen (secondary N) is 3. The van der Waals surface area contributed by atoms with E-state index in [1.807, 2.05) is 20.0 Å². The molecule has 3 rings (SSSR count). The van der Waals surface area contributed by atoms with Crippen molar-refractivity contribution < 1.29 is 9.18 Å². The molecule has 164 valence electrons. The number of carbonyl (C=O) groups excluding carboxylic acids is 1. The van der Waals surface area contributed by atoms with Crippen LogP contribution in [-0.2, 0) is 13.5 Å². The molecule has 0 spiro atoms. The first kappa shape index (κ1) is 22.0. The van der Waals surface area contributed by atoms with E-state index in [1.165, 1.54) is 32.2 Å². The van der Waals surface area contributed by atoms with Gasteiger partial charge in [-0.05, 0) is 68.5 Å². The zero-order chi connectivity index (χ0) is 22.7. The maximum Gasteiger partial charge on any atom is 0.351 e. The van der Waals surface area contributed by atoms with E-state index in [-0.39, 0.29) is 23.4 Å². The summed E-state index contributed by atoms with van der Waals surface area (Å²) in [7, 11) is 1.36. The molecule has 0 radical (unpaired) electrons. The van der Waals surface area contributed by atoms with Gasteiger partial charge in [-0.2, -0.15) is 5.10 Å². The molecular weight excluding hydrogens is 403 g/mol. The Labute approximate surface area is 177 Å². The molecule has 3 N–H and O–H groups in total. The fraction of sp³-hybridized carbons (Fsp3) is 0.333. The molecule has 0 saturated heterocycles. The lowest BCUT2D eigenvalue weighted by Gasteiger charge is -2.10. The normalized spacial score (nSPS) is 10.9. The van der Waals surface area contributed by atoms with Gasteiger partial charge in [-0.1, -0.05) is 0 Å². The summed E-state index contributed by atoms with van der Waals surface area (Å²) in [6.07, 6.45) is 2.97. The van der Waals surface area contributed by atoms with Crippen LogP contribution < -0.4 is 11.2 Å². The Hall–Kier alpha value is -3.69. The number of aromatic nitrogens is 6. The van der Waals surface area contributed by atoms with E-state index < -0.39 is 22.8 Å². The average Bonchev–Trinajstić information content (AvgIpc) is 2.89. The number of hydrogen-bond donors (Lipinski definition) is 3. The lowest BCUT2D eigenvalue weighted by molar-refractivity contribution is 0.0970. The summed E-state index contributed by atoms with van der Waals surface area (Å²) < 4.78 is 15.4. The van der Waals surface area contributed by atoms with Crippen molar-refractivity contribution in [3.8, 4) is 5.69 Å². The van der Waals surface area contributed by atoms with Gasteiger partial charge in [-0.3, -0.25) is 19.8 Å². The molecule has 1 aromatic carbocycles. The van der Waals surface area contributed by atoms with E-state index in [2.05, 4.69) is 20.5 Å². The van der Waals surface area contributed by atoms with Crippen molar-refractivity contribution in [1.29, 1.82) is 0 Å². The van der Waals surface area contributed by atoms with Crippen LogP contribution >= 0.6 is 0 Å². The van der Waals surface area contributed by atoms with Gasteiger partial charge >= 0.3 is 5.69 Å². The topological polar surface area (TPSA) is 121 Å². The van der Waals surface area contributed by atoms with E-state index in [4.69, 9.17) is 0 Å². The molecule has 0 aliphatic heterocycles. The molecule has 2 heterocycles.